The number of likely N-dealkylation sites (tertiary alicyclic amines) is 1. The number of nitrogens with zero attached hydrogens (tertiary/aromatic N) is 4. The average Bonchev–Trinajstić information content (AvgIpc) is 3.16. The summed E-state index contributed by atoms with van der Waals surface area (Å²) < 4.78 is 2.17. The molecule has 1 N–H and O–H groups in total. The number of hydrogen-bond donors (Lipinski definition) is 1. The van der Waals surface area contributed by atoms with Gasteiger partial charge in [0.1, 0.15) is 11.3 Å². The van der Waals surface area contributed by atoms with Crippen molar-refractivity contribution in [3.8, 4) is 5.75 Å². The summed E-state index contributed by atoms with van der Waals surface area (Å²) in [5.74, 6) is 1.11. The number of pyridine rings is 1. The third-order valence-corrected chi connectivity index (χ3v) is 6.17. The monoisotopic (exact) mass is 386 g/mol. The lowest BCUT2D eigenvalue weighted by molar-refractivity contribution is 0.184. The van der Waals surface area contributed by atoms with E-state index in [0.29, 0.717) is 17.8 Å². The summed E-state index contributed by atoms with van der Waals surface area (Å²) in [6.07, 6.45) is 6.09. The number of para-hydroxylation sites is 2. The predicted octanol–water partition coefficient (Wildman–Crippen LogP) is 4.57. The van der Waals surface area contributed by atoms with Gasteiger partial charge in [0.25, 0.3) is 0 Å². The Labute approximate surface area is 170 Å². The zero-order valence-electron chi connectivity index (χ0n) is 16.8. The van der Waals surface area contributed by atoms with E-state index < -0.39 is 0 Å². The predicted molar refractivity (Wildman–Crippen MR) is 116 cm³/mol. The lowest BCUT2D eigenvalue weighted by Crippen LogP contribution is -2.32. The van der Waals surface area contributed by atoms with Gasteiger partial charge >= 0.3 is 0 Å². The molecule has 1 saturated heterocycles. The van der Waals surface area contributed by atoms with Gasteiger partial charge in [0.2, 0.25) is 0 Å². The number of aromatic nitrogens is 3. The molecule has 5 heteroatoms. The van der Waals surface area contributed by atoms with Gasteiger partial charge in [-0.05, 0) is 61.7 Å². The third kappa shape index (κ3) is 3.47. The van der Waals surface area contributed by atoms with Gasteiger partial charge < -0.3 is 9.67 Å². The van der Waals surface area contributed by atoms with E-state index in [9.17, 15) is 5.11 Å². The Hall–Kier alpha value is -2.92. The normalized spacial score (nSPS) is 16.0. The SMILES string of the molecule is CC1CCN(Cc2cc(Cn3cnc4ccccc43)c3cccnc3c2O)CC1. The number of rotatable bonds is 4. The maximum Gasteiger partial charge on any atom is 0.146 e. The lowest BCUT2D eigenvalue weighted by atomic mass is 9.97. The number of fused-ring (bicyclic) bond motifs is 2. The van der Waals surface area contributed by atoms with Crippen LogP contribution in [0.25, 0.3) is 21.9 Å². The fourth-order valence-electron chi connectivity index (χ4n) is 4.39. The molecule has 0 saturated carbocycles. The van der Waals surface area contributed by atoms with Gasteiger partial charge in [0.05, 0.1) is 17.4 Å². The van der Waals surface area contributed by atoms with Crippen molar-refractivity contribution in [2.75, 3.05) is 13.1 Å². The fourth-order valence-corrected chi connectivity index (χ4v) is 4.39. The first-order chi connectivity index (χ1) is 14.2. The largest absolute Gasteiger partial charge is 0.505 e. The number of phenols is 1. The molecule has 0 radical (unpaired) electrons. The van der Waals surface area contributed by atoms with E-state index in [4.69, 9.17) is 0 Å². The first-order valence-corrected chi connectivity index (χ1v) is 10.4. The Morgan fingerprint density at radius 1 is 1.00 bits per heavy atom. The van der Waals surface area contributed by atoms with Crippen LogP contribution in [0, 0.1) is 5.92 Å². The molecule has 1 fully saturated rings. The van der Waals surface area contributed by atoms with Crippen LogP contribution >= 0.6 is 0 Å². The van der Waals surface area contributed by atoms with Crippen molar-refractivity contribution in [3.63, 3.8) is 0 Å². The molecule has 0 spiro atoms. The maximum atomic E-state index is 10.9. The van der Waals surface area contributed by atoms with Crippen LogP contribution < -0.4 is 0 Å². The molecule has 2 aromatic heterocycles. The Morgan fingerprint density at radius 3 is 2.69 bits per heavy atom. The summed E-state index contributed by atoms with van der Waals surface area (Å²) in [4.78, 5) is 11.5. The second-order valence-corrected chi connectivity index (χ2v) is 8.26. The summed E-state index contributed by atoms with van der Waals surface area (Å²) in [6, 6.07) is 14.3. The van der Waals surface area contributed by atoms with Crippen LogP contribution in [0.5, 0.6) is 5.75 Å². The van der Waals surface area contributed by atoms with Crippen molar-refractivity contribution < 1.29 is 5.11 Å². The van der Waals surface area contributed by atoms with Gasteiger partial charge in [-0.25, -0.2) is 4.98 Å². The molecule has 29 heavy (non-hydrogen) atoms. The van der Waals surface area contributed by atoms with E-state index in [1.165, 1.54) is 12.8 Å². The molecular formula is C24H26N4O. The van der Waals surface area contributed by atoms with Crippen LogP contribution in [0.2, 0.25) is 0 Å². The Morgan fingerprint density at radius 2 is 1.83 bits per heavy atom. The summed E-state index contributed by atoms with van der Waals surface area (Å²) in [7, 11) is 0. The molecule has 0 aliphatic carbocycles. The van der Waals surface area contributed by atoms with E-state index in [1.807, 2.05) is 36.7 Å². The Kier molecular flexibility index (Phi) is 4.68. The van der Waals surface area contributed by atoms with Crippen LogP contribution in [0.1, 0.15) is 30.9 Å². The zero-order valence-corrected chi connectivity index (χ0v) is 16.8. The fraction of sp³-hybridized carbons (Fsp3) is 0.333. The number of hydrogen-bond acceptors (Lipinski definition) is 4. The van der Waals surface area contributed by atoms with Gasteiger partial charge in [-0.3, -0.25) is 9.88 Å². The van der Waals surface area contributed by atoms with Crippen LogP contribution in [0.4, 0.5) is 0 Å². The molecule has 5 rings (SSSR count). The maximum absolute atomic E-state index is 10.9. The molecule has 1 aliphatic rings. The number of aromatic hydroxyl groups is 1. The van der Waals surface area contributed by atoms with Crippen molar-refractivity contribution in [2.45, 2.75) is 32.9 Å². The summed E-state index contributed by atoms with van der Waals surface area (Å²) >= 11 is 0. The summed E-state index contributed by atoms with van der Waals surface area (Å²) in [5, 5.41) is 11.9. The molecule has 0 bridgehead atoms. The molecule has 0 amide bonds. The topological polar surface area (TPSA) is 54.2 Å². The highest BCUT2D eigenvalue weighted by Gasteiger charge is 2.19. The molecule has 0 unspecified atom stereocenters. The molecule has 1 aliphatic heterocycles. The molecule has 0 atom stereocenters. The lowest BCUT2D eigenvalue weighted by Gasteiger charge is -2.30. The summed E-state index contributed by atoms with van der Waals surface area (Å²) in [6.45, 7) is 5.96. The highest BCUT2D eigenvalue weighted by atomic mass is 16.3. The van der Waals surface area contributed by atoms with E-state index in [-0.39, 0.29) is 0 Å². The minimum absolute atomic E-state index is 0.318. The van der Waals surface area contributed by atoms with Crippen molar-refractivity contribution in [3.05, 3.63) is 66.1 Å². The smallest absolute Gasteiger partial charge is 0.146 e. The second-order valence-electron chi connectivity index (χ2n) is 8.26. The van der Waals surface area contributed by atoms with E-state index >= 15 is 0 Å². The van der Waals surface area contributed by atoms with E-state index in [1.54, 1.807) is 6.20 Å². The number of piperidine rings is 1. The second kappa shape index (κ2) is 7.48. The van der Waals surface area contributed by atoms with Gasteiger partial charge in [0, 0.05) is 30.2 Å². The highest BCUT2D eigenvalue weighted by Crippen LogP contribution is 2.32. The number of phenolic OH excluding ortho intramolecular Hbond substituents is 1. The van der Waals surface area contributed by atoms with Crippen LogP contribution in [-0.4, -0.2) is 37.6 Å². The number of imidazole rings is 1. The van der Waals surface area contributed by atoms with Crippen molar-refractivity contribution in [2.24, 2.45) is 5.92 Å². The van der Waals surface area contributed by atoms with Gasteiger partial charge in [-0.1, -0.05) is 25.1 Å². The van der Waals surface area contributed by atoms with Gasteiger partial charge in [-0.2, -0.15) is 0 Å². The first kappa shape index (κ1) is 18.1. The van der Waals surface area contributed by atoms with Crippen molar-refractivity contribution >= 4 is 21.9 Å². The molecule has 4 aromatic rings. The summed E-state index contributed by atoms with van der Waals surface area (Å²) in [5.41, 5.74) is 4.93. The molecule has 148 valence electrons. The standard InChI is InChI=1S/C24H26N4O/c1-17-8-11-27(12-9-17)14-19-13-18(20-5-4-10-25-23(20)24(19)29)15-28-16-26-21-6-2-3-7-22(21)28/h2-7,10,13,16-17,29H,8-9,11-12,14-15H2,1H3. The Bertz CT molecular complexity index is 1160. The van der Waals surface area contributed by atoms with Crippen LogP contribution in [0.3, 0.4) is 0 Å². The Balaban J connectivity index is 1.54. The first-order valence-electron chi connectivity index (χ1n) is 10.4. The van der Waals surface area contributed by atoms with Crippen LogP contribution in [-0.2, 0) is 13.1 Å². The van der Waals surface area contributed by atoms with Crippen molar-refractivity contribution in [1.29, 1.82) is 0 Å². The van der Waals surface area contributed by atoms with Crippen LogP contribution in [0.15, 0.2) is 55.0 Å². The average molecular weight is 386 g/mol. The molecule has 5 nitrogen and oxygen atoms in total. The minimum Gasteiger partial charge on any atom is -0.505 e. The molecular weight excluding hydrogens is 360 g/mol. The van der Waals surface area contributed by atoms with Gasteiger partial charge in [0.15, 0.2) is 0 Å². The van der Waals surface area contributed by atoms with Crippen molar-refractivity contribution in [1.82, 2.24) is 19.4 Å². The van der Waals surface area contributed by atoms with E-state index in [2.05, 4.69) is 38.5 Å². The van der Waals surface area contributed by atoms with Gasteiger partial charge in [-0.15, -0.1) is 0 Å². The quantitative estimate of drug-likeness (QED) is 0.558. The zero-order chi connectivity index (χ0) is 19.8. The highest BCUT2D eigenvalue weighted by molar-refractivity contribution is 5.88. The molecule has 2 aromatic carbocycles. The number of benzene rings is 2. The third-order valence-electron chi connectivity index (χ3n) is 6.17. The van der Waals surface area contributed by atoms with E-state index in [0.717, 1.165) is 53.1 Å². The molecule has 3 heterocycles. The minimum atomic E-state index is 0.318.